The van der Waals surface area contributed by atoms with Gasteiger partial charge in [-0.05, 0) is 17.7 Å². The first-order chi connectivity index (χ1) is 11.2. The van der Waals surface area contributed by atoms with Crippen LogP contribution in [0.4, 0.5) is 5.69 Å². The smallest absolute Gasteiger partial charge is 0.269 e. The highest BCUT2D eigenvalue weighted by Crippen LogP contribution is 2.12. The molecule has 0 aromatic heterocycles. The normalized spacial score (nSPS) is 10.8. The molecule has 0 bridgehead atoms. The number of nitro benzene ring substituents is 1. The predicted molar refractivity (Wildman–Crippen MR) is 85.8 cm³/mol. The first kappa shape index (κ1) is 19.6. The standard InChI is InChI=1S/C15H22BNO6/c16-5-6-20-7-8-21-9-10-22-11-12-23-13-14-1-3-15(4-2-14)17(18)19/h1-4H,5-13H2. The zero-order chi connectivity index (χ0) is 16.8. The molecule has 1 aromatic carbocycles. The summed E-state index contributed by atoms with van der Waals surface area (Å²) >= 11 is 0. The largest absolute Gasteiger partial charge is 0.380 e. The highest BCUT2D eigenvalue weighted by Gasteiger charge is 2.03. The molecule has 0 amide bonds. The maximum atomic E-state index is 10.5. The fourth-order valence-electron chi connectivity index (χ4n) is 1.65. The molecule has 0 saturated heterocycles. The maximum absolute atomic E-state index is 10.5. The molecule has 23 heavy (non-hydrogen) atoms. The number of nitrogens with zero attached hydrogens (tertiary/aromatic N) is 1. The van der Waals surface area contributed by atoms with Gasteiger partial charge in [0.2, 0.25) is 0 Å². The van der Waals surface area contributed by atoms with Gasteiger partial charge in [0.05, 0.1) is 59.0 Å². The van der Waals surface area contributed by atoms with E-state index < -0.39 is 4.92 Å². The molecule has 126 valence electrons. The Bertz CT molecular complexity index is 428. The van der Waals surface area contributed by atoms with Crippen LogP contribution in [0.1, 0.15) is 5.56 Å². The van der Waals surface area contributed by atoms with Crippen molar-refractivity contribution in [3.63, 3.8) is 0 Å². The average molecular weight is 323 g/mol. The molecule has 0 aliphatic heterocycles. The van der Waals surface area contributed by atoms with Crippen LogP contribution in [0, 0.1) is 10.1 Å². The lowest BCUT2D eigenvalue weighted by Gasteiger charge is -2.07. The van der Waals surface area contributed by atoms with Gasteiger partial charge in [0.15, 0.2) is 0 Å². The van der Waals surface area contributed by atoms with Crippen molar-refractivity contribution in [2.24, 2.45) is 0 Å². The molecular weight excluding hydrogens is 301 g/mol. The van der Waals surface area contributed by atoms with E-state index in [9.17, 15) is 10.1 Å². The van der Waals surface area contributed by atoms with Crippen LogP contribution < -0.4 is 0 Å². The second kappa shape index (κ2) is 13.0. The number of hydrogen-bond acceptors (Lipinski definition) is 6. The van der Waals surface area contributed by atoms with Crippen LogP contribution in [0.5, 0.6) is 0 Å². The van der Waals surface area contributed by atoms with Crippen LogP contribution in [0.3, 0.4) is 0 Å². The van der Waals surface area contributed by atoms with E-state index in [4.69, 9.17) is 26.8 Å². The Morgan fingerprint density at radius 1 is 0.826 bits per heavy atom. The highest BCUT2D eigenvalue weighted by atomic mass is 16.6. The summed E-state index contributed by atoms with van der Waals surface area (Å²) in [5.74, 6) is 0. The van der Waals surface area contributed by atoms with Crippen LogP contribution >= 0.6 is 0 Å². The molecule has 0 saturated carbocycles. The summed E-state index contributed by atoms with van der Waals surface area (Å²) < 4.78 is 21.2. The molecule has 0 unspecified atom stereocenters. The molecule has 1 aromatic rings. The SMILES string of the molecule is [B]CCOCCOCCOCCOCc1ccc([N+](=O)[O-])cc1. The Balaban J connectivity index is 1.90. The highest BCUT2D eigenvalue weighted by molar-refractivity contribution is 6.08. The van der Waals surface area contributed by atoms with Crippen molar-refractivity contribution in [2.45, 2.75) is 12.9 Å². The molecular formula is C15H22BNO6. The molecule has 0 N–H and O–H groups in total. The van der Waals surface area contributed by atoms with Gasteiger partial charge in [-0.1, -0.05) is 6.32 Å². The first-order valence-corrected chi connectivity index (χ1v) is 7.48. The van der Waals surface area contributed by atoms with Crippen molar-refractivity contribution < 1.29 is 23.9 Å². The van der Waals surface area contributed by atoms with Crippen LogP contribution in [0.25, 0.3) is 0 Å². The lowest BCUT2D eigenvalue weighted by Crippen LogP contribution is -2.12. The Morgan fingerprint density at radius 2 is 1.30 bits per heavy atom. The van der Waals surface area contributed by atoms with Gasteiger partial charge in [-0.15, -0.1) is 0 Å². The van der Waals surface area contributed by atoms with Crippen LogP contribution in [0.2, 0.25) is 6.32 Å². The molecule has 8 heteroatoms. The summed E-state index contributed by atoms with van der Waals surface area (Å²) in [5.41, 5.74) is 0.960. The molecule has 0 heterocycles. The van der Waals surface area contributed by atoms with Crippen molar-refractivity contribution in [1.29, 1.82) is 0 Å². The Labute approximate surface area is 137 Å². The molecule has 7 nitrogen and oxygen atoms in total. The molecule has 0 aliphatic carbocycles. The zero-order valence-corrected chi connectivity index (χ0v) is 13.1. The van der Waals surface area contributed by atoms with Gasteiger partial charge >= 0.3 is 0 Å². The molecule has 0 atom stereocenters. The lowest BCUT2D eigenvalue weighted by molar-refractivity contribution is -0.384. The van der Waals surface area contributed by atoms with Crippen LogP contribution in [0.15, 0.2) is 24.3 Å². The molecule has 0 spiro atoms. The monoisotopic (exact) mass is 323 g/mol. The van der Waals surface area contributed by atoms with Gasteiger partial charge in [0.25, 0.3) is 5.69 Å². The van der Waals surface area contributed by atoms with Crippen molar-refractivity contribution >= 4 is 13.5 Å². The van der Waals surface area contributed by atoms with Crippen LogP contribution in [-0.2, 0) is 25.6 Å². The molecule has 0 aliphatic rings. The number of hydrogen-bond donors (Lipinski definition) is 0. The minimum absolute atomic E-state index is 0.0745. The number of ether oxygens (including phenoxy) is 4. The van der Waals surface area contributed by atoms with E-state index in [2.05, 4.69) is 0 Å². The Morgan fingerprint density at radius 3 is 1.78 bits per heavy atom. The maximum Gasteiger partial charge on any atom is 0.269 e. The zero-order valence-electron chi connectivity index (χ0n) is 13.1. The number of nitro groups is 1. The van der Waals surface area contributed by atoms with E-state index >= 15 is 0 Å². The summed E-state index contributed by atoms with van der Waals surface area (Å²) in [4.78, 5) is 10.1. The summed E-state index contributed by atoms with van der Waals surface area (Å²) in [5, 5.41) is 10.5. The lowest BCUT2D eigenvalue weighted by atomic mass is 10.1. The third-order valence-electron chi connectivity index (χ3n) is 2.79. The minimum Gasteiger partial charge on any atom is -0.380 e. The van der Waals surface area contributed by atoms with E-state index in [1.165, 1.54) is 12.1 Å². The third-order valence-corrected chi connectivity index (χ3v) is 2.79. The quantitative estimate of drug-likeness (QED) is 0.225. The van der Waals surface area contributed by atoms with Gasteiger partial charge in [0.1, 0.15) is 0 Å². The minimum atomic E-state index is -0.426. The number of rotatable bonds is 14. The van der Waals surface area contributed by atoms with Crippen molar-refractivity contribution in [3.8, 4) is 0 Å². The summed E-state index contributed by atoms with van der Waals surface area (Å²) in [6, 6.07) is 6.28. The van der Waals surface area contributed by atoms with E-state index in [0.717, 1.165) is 5.56 Å². The van der Waals surface area contributed by atoms with Gasteiger partial charge in [-0.2, -0.15) is 0 Å². The first-order valence-electron chi connectivity index (χ1n) is 7.48. The molecule has 1 rings (SSSR count). The Kier molecular flexibility index (Phi) is 11.1. The summed E-state index contributed by atoms with van der Waals surface area (Å²) in [6.07, 6.45) is 0.517. The van der Waals surface area contributed by atoms with Gasteiger partial charge in [0, 0.05) is 18.7 Å². The van der Waals surface area contributed by atoms with Crippen molar-refractivity contribution in [2.75, 3.05) is 46.2 Å². The Hall–Kier alpha value is -1.48. The van der Waals surface area contributed by atoms with Gasteiger partial charge in [-0.25, -0.2) is 0 Å². The fourth-order valence-corrected chi connectivity index (χ4v) is 1.65. The summed E-state index contributed by atoms with van der Waals surface area (Å²) in [6.45, 7) is 3.95. The number of benzene rings is 1. The van der Waals surface area contributed by atoms with Gasteiger partial charge < -0.3 is 18.9 Å². The topological polar surface area (TPSA) is 80.1 Å². The van der Waals surface area contributed by atoms with Crippen LogP contribution in [-0.4, -0.2) is 59.0 Å². The van der Waals surface area contributed by atoms with Crippen molar-refractivity contribution in [1.82, 2.24) is 0 Å². The summed E-state index contributed by atoms with van der Waals surface area (Å²) in [7, 11) is 5.28. The predicted octanol–water partition coefficient (Wildman–Crippen LogP) is 1.75. The fraction of sp³-hybridized carbons (Fsp3) is 0.600. The second-order valence-corrected chi connectivity index (χ2v) is 4.60. The van der Waals surface area contributed by atoms with E-state index in [1.54, 1.807) is 12.1 Å². The molecule has 0 fully saturated rings. The van der Waals surface area contributed by atoms with Gasteiger partial charge in [-0.3, -0.25) is 10.1 Å². The number of non-ortho nitro benzene ring substituents is 1. The van der Waals surface area contributed by atoms with Crippen molar-refractivity contribution in [3.05, 3.63) is 39.9 Å². The third kappa shape index (κ3) is 10.0. The van der Waals surface area contributed by atoms with E-state index in [1.807, 2.05) is 0 Å². The molecule has 2 radical (unpaired) electrons. The second-order valence-electron chi connectivity index (χ2n) is 4.60. The average Bonchev–Trinajstić information content (AvgIpc) is 2.56. The van der Waals surface area contributed by atoms with E-state index in [-0.39, 0.29) is 5.69 Å². The van der Waals surface area contributed by atoms with E-state index in [0.29, 0.717) is 59.2 Å².